The number of rotatable bonds is 6. The number of anilines is 2. The lowest BCUT2D eigenvalue weighted by molar-refractivity contribution is 0.0699. The fourth-order valence-electron chi connectivity index (χ4n) is 3.97. The van der Waals surface area contributed by atoms with E-state index in [2.05, 4.69) is 20.6 Å². The molecule has 0 aromatic carbocycles. The summed E-state index contributed by atoms with van der Waals surface area (Å²) in [5, 5.41) is 7.32. The van der Waals surface area contributed by atoms with Crippen molar-refractivity contribution < 1.29 is 4.74 Å². The minimum Gasteiger partial charge on any atom is -0.381 e. The van der Waals surface area contributed by atoms with Crippen molar-refractivity contribution in [3.05, 3.63) is 29.7 Å². The van der Waals surface area contributed by atoms with Gasteiger partial charge in [0.25, 0.3) is 0 Å². The molecule has 2 fully saturated rings. The summed E-state index contributed by atoms with van der Waals surface area (Å²) in [6.45, 7) is 2.54. The molecular formula is C21H29ClN6O. The van der Waals surface area contributed by atoms with Crippen LogP contribution in [0.4, 0.5) is 11.6 Å². The van der Waals surface area contributed by atoms with E-state index in [1.807, 2.05) is 12.1 Å². The Bertz CT molecular complexity index is 806. The maximum atomic E-state index is 6.37. The fraction of sp³-hybridized carbons (Fsp3) is 0.571. The molecule has 0 unspecified atom stereocenters. The van der Waals surface area contributed by atoms with E-state index in [1.165, 1.54) is 0 Å². The molecule has 29 heavy (non-hydrogen) atoms. The van der Waals surface area contributed by atoms with Gasteiger partial charge in [0.15, 0.2) is 5.15 Å². The molecule has 1 aliphatic carbocycles. The summed E-state index contributed by atoms with van der Waals surface area (Å²) >= 11 is 6.37. The van der Waals surface area contributed by atoms with Gasteiger partial charge in [0.2, 0.25) is 0 Å². The first kappa shape index (κ1) is 20.3. The first-order valence-electron chi connectivity index (χ1n) is 10.5. The third kappa shape index (κ3) is 5.56. The van der Waals surface area contributed by atoms with E-state index in [0.717, 1.165) is 75.5 Å². The maximum absolute atomic E-state index is 6.37. The van der Waals surface area contributed by atoms with E-state index < -0.39 is 0 Å². The molecule has 2 aliphatic rings. The number of hydrogen-bond acceptors (Lipinski definition) is 7. The Balaban J connectivity index is 1.44. The molecule has 3 heterocycles. The quantitative estimate of drug-likeness (QED) is 0.660. The maximum Gasteiger partial charge on any atom is 0.155 e. The predicted octanol–water partition coefficient (Wildman–Crippen LogP) is 3.71. The third-order valence-electron chi connectivity index (χ3n) is 5.80. The van der Waals surface area contributed by atoms with Crippen molar-refractivity contribution in [2.75, 3.05) is 30.4 Å². The average Bonchev–Trinajstić information content (AvgIpc) is 2.76. The molecule has 0 spiro atoms. The van der Waals surface area contributed by atoms with E-state index >= 15 is 0 Å². The molecule has 1 saturated carbocycles. The van der Waals surface area contributed by atoms with Crippen LogP contribution in [-0.2, 0) is 4.74 Å². The molecule has 0 amide bonds. The molecular weight excluding hydrogens is 388 g/mol. The Morgan fingerprint density at radius 3 is 2.66 bits per heavy atom. The Morgan fingerprint density at radius 2 is 1.86 bits per heavy atom. The molecule has 0 atom stereocenters. The number of nitrogens with two attached hydrogens (primary N) is 1. The zero-order valence-electron chi connectivity index (χ0n) is 16.6. The van der Waals surface area contributed by atoms with Crippen LogP contribution in [0, 0.1) is 5.92 Å². The standard InChI is InChI=1S/C21H29ClN6O/c22-21-20(28-19(13-26-21)25-12-14-6-9-29-10-7-14)15-5-8-24-18(11-15)27-17-3-1-16(23)2-4-17/h5,8,11,13-14,16-17H,1-4,6-7,9-10,12,23H2,(H,24,27)(H,25,28). The molecule has 4 rings (SSSR count). The first-order chi connectivity index (χ1) is 14.2. The molecule has 2 aromatic rings. The van der Waals surface area contributed by atoms with Crippen molar-refractivity contribution in [1.82, 2.24) is 15.0 Å². The zero-order valence-corrected chi connectivity index (χ0v) is 17.4. The van der Waals surface area contributed by atoms with E-state index in [1.54, 1.807) is 12.4 Å². The van der Waals surface area contributed by atoms with Gasteiger partial charge in [-0.05, 0) is 56.6 Å². The second-order valence-corrected chi connectivity index (χ2v) is 8.38. The second-order valence-electron chi connectivity index (χ2n) is 8.02. The van der Waals surface area contributed by atoms with Crippen molar-refractivity contribution >= 4 is 23.2 Å². The number of hydrogen-bond donors (Lipinski definition) is 3. The highest BCUT2D eigenvalue weighted by Gasteiger charge is 2.19. The van der Waals surface area contributed by atoms with E-state index in [0.29, 0.717) is 28.8 Å². The zero-order chi connectivity index (χ0) is 20.1. The summed E-state index contributed by atoms with van der Waals surface area (Å²) in [4.78, 5) is 13.5. The summed E-state index contributed by atoms with van der Waals surface area (Å²) in [6.07, 6.45) is 9.87. The van der Waals surface area contributed by atoms with Crippen LogP contribution in [0.1, 0.15) is 38.5 Å². The largest absolute Gasteiger partial charge is 0.381 e. The number of ether oxygens (including phenoxy) is 1. The van der Waals surface area contributed by atoms with Crippen LogP contribution in [0.5, 0.6) is 0 Å². The monoisotopic (exact) mass is 416 g/mol. The van der Waals surface area contributed by atoms with Crippen LogP contribution in [0.3, 0.4) is 0 Å². The number of pyridine rings is 1. The Hall–Kier alpha value is -1.96. The number of nitrogens with zero attached hydrogens (tertiary/aromatic N) is 3. The minimum absolute atomic E-state index is 0.331. The van der Waals surface area contributed by atoms with Gasteiger partial charge >= 0.3 is 0 Å². The van der Waals surface area contributed by atoms with E-state index in [-0.39, 0.29) is 0 Å². The summed E-state index contributed by atoms with van der Waals surface area (Å²) in [5.41, 5.74) is 7.58. The van der Waals surface area contributed by atoms with Crippen molar-refractivity contribution in [2.45, 2.75) is 50.6 Å². The van der Waals surface area contributed by atoms with Crippen LogP contribution in [-0.4, -0.2) is 46.8 Å². The predicted molar refractivity (Wildman–Crippen MR) is 116 cm³/mol. The van der Waals surface area contributed by atoms with Crippen molar-refractivity contribution in [3.63, 3.8) is 0 Å². The molecule has 2 aromatic heterocycles. The number of halogens is 1. The lowest BCUT2D eigenvalue weighted by atomic mass is 9.92. The molecule has 156 valence electrons. The van der Waals surface area contributed by atoms with Gasteiger partial charge in [-0.3, -0.25) is 0 Å². The first-order valence-corrected chi connectivity index (χ1v) is 10.9. The van der Waals surface area contributed by atoms with Gasteiger partial charge in [0.05, 0.1) is 6.20 Å². The van der Waals surface area contributed by atoms with Crippen LogP contribution in [0.2, 0.25) is 5.15 Å². The lowest BCUT2D eigenvalue weighted by Crippen LogP contribution is -2.33. The summed E-state index contributed by atoms with van der Waals surface area (Å²) < 4.78 is 5.42. The fourth-order valence-corrected chi connectivity index (χ4v) is 4.17. The second kappa shape index (κ2) is 9.69. The highest BCUT2D eigenvalue weighted by atomic mass is 35.5. The molecule has 0 radical (unpaired) electrons. The summed E-state index contributed by atoms with van der Waals surface area (Å²) in [7, 11) is 0. The lowest BCUT2D eigenvalue weighted by Gasteiger charge is -2.27. The molecule has 1 aliphatic heterocycles. The van der Waals surface area contributed by atoms with Gasteiger partial charge in [0.1, 0.15) is 17.3 Å². The Labute approximate surface area is 176 Å². The molecule has 1 saturated heterocycles. The number of nitrogens with one attached hydrogen (secondary N) is 2. The highest BCUT2D eigenvalue weighted by molar-refractivity contribution is 6.31. The van der Waals surface area contributed by atoms with Crippen LogP contribution >= 0.6 is 11.6 Å². The van der Waals surface area contributed by atoms with Gasteiger partial charge in [-0.15, -0.1) is 0 Å². The highest BCUT2D eigenvalue weighted by Crippen LogP contribution is 2.28. The normalized spacial score (nSPS) is 23.0. The van der Waals surface area contributed by atoms with Gasteiger partial charge < -0.3 is 21.1 Å². The smallest absolute Gasteiger partial charge is 0.155 e. The van der Waals surface area contributed by atoms with Gasteiger partial charge in [-0.1, -0.05) is 11.6 Å². The summed E-state index contributed by atoms with van der Waals surface area (Å²) in [5.74, 6) is 2.18. The van der Waals surface area contributed by atoms with Crippen molar-refractivity contribution in [2.24, 2.45) is 11.7 Å². The van der Waals surface area contributed by atoms with Crippen LogP contribution in [0.25, 0.3) is 11.3 Å². The van der Waals surface area contributed by atoms with Gasteiger partial charge in [0, 0.05) is 43.6 Å². The number of aromatic nitrogens is 3. The van der Waals surface area contributed by atoms with E-state index in [9.17, 15) is 0 Å². The SMILES string of the molecule is NC1CCC(Nc2cc(-c3nc(NCC4CCOCC4)cnc3Cl)ccn2)CC1. The molecule has 0 bridgehead atoms. The Kier molecular flexibility index (Phi) is 6.79. The third-order valence-corrected chi connectivity index (χ3v) is 6.07. The van der Waals surface area contributed by atoms with Gasteiger partial charge in [-0.25, -0.2) is 15.0 Å². The molecule has 4 N–H and O–H groups in total. The van der Waals surface area contributed by atoms with Crippen molar-refractivity contribution in [3.8, 4) is 11.3 Å². The van der Waals surface area contributed by atoms with E-state index in [4.69, 9.17) is 27.1 Å². The van der Waals surface area contributed by atoms with Crippen LogP contribution < -0.4 is 16.4 Å². The minimum atomic E-state index is 0.331. The summed E-state index contributed by atoms with van der Waals surface area (Å²) in [6, 6.07) is 4.65. The molecule has 8 heteroatoms. The van der Waals surface area contributed by atoms with Crippen molar-refractivity contribution in [1.29, 1.82) is 0 Å². The average molecular weight is 417 g/mol. The van der Waals surface area contributed by atoms with Gasteiger partial charge in [-0.2, -0.15) is 0 Å². The topological polar surface area (TPSA) is 98.0 Å². The Morgan fingerprint density at radius 1 is 1.07 bits per heavy atom. The van der Waals surface area contributed by atoms with Crippen LogP contribution in [0.15, 0.2) is 24.5 Å². The molecule has 7 nitrogen and oxygen atoms in total.